The molecular weight excluding hydrogens is 422 g/mol. The highest BCUT2D eigenvalue weighted by Crippen LogP contribution is 2.30. The zero-order valence-electron chi connectivity index (χ0n) is 18.5. The smallest absolute Gasteiger partial charge is 0.274 e. The second kappa shape index (κ2) is 8.05. The van der Waals surface area contributed by atoms with Gasteiger partial charge in [-0.2, -0.15) is 10.2 Å². The number of likely N-dealkylation sites (N-methyl/N-ethyl adjacent to an activating group) is 1. The molecule has 1 aliphatic rings. The van der Waals surface area contributed by atoms with E-state index in [9.17, 15) is 9.59 Å². The molecule has 168 valence electrons. The van der Waals surface area contributed by atoms with Gasteiger partial charge in [0.1, 0.15) is 12.4 Å². The summed E-state index contributed by atoms with van der Waals surface area (Å²) in [5, 5.41) is 12.7. The molecule has 0 fully saturated rings. The number of H-pyrrole nitrogens is 2. The summed E-state index contributed by atoms with van der Waals surface area (Å²) < 4.78 is 7.70. The molecular formula is C23H23N7O3. The first kappa shape index (κ1) is 20.7. The molecule has 5 rings (SSSR count). The van der Waals surface area contributed by atoms with Crippen molar-refractivity contribution >= 4 is 29.0 Å². The van der Waals surface area contributed by atoms with Crippen molar-refractivity contribution in [3.8, 4) is 17.0 Å². The maximum absolute atomic E-state index is 13.2. The number of hydrogen-bond acceptors (Lipinski definition) is 6. The van der Waals surface area contributed by atoms with Crippen LogP contribution >= 0.6 is 0 Å². The van der Waals surface area contributed by atoms with Gasteiger partial charge in [0.2, 0.25) is 5.56 Å². The molecule has 0 unspecified atom stereocenters. The molecule has 0 aromatic carbocycles. The van der Waals surface area contributed by atoms with Crippen LogP contribution in [0, 0.1) is 0 Å². The Bertz CT molecular complexity index is 1460. The minimum absolute atomic E-state index is 0.195. The van der Waals surface area contributed by atoms with Gasteiger partial charge in [-0.3, -0.25) is 24.4 Å². The Balaban J connectivity index is 1.72. The van der Waals surface area contributed by atoms with E-state index in [4.69, 9.17) is 4.74 Å². The number of aromatic amines is 2. The Hall–Kier alpha value is -4.21. The zero-order valence-corrected chi connectivity index (χ0v) is 18.5. The SMILES string of the molecule is CCc1c2c(nn1C)C(=O)N(C)CCOc1c[nH]c(=O)cc1-c1cc3c(n[nH]c3cn1)C=C2. The van der Waals surface area contributed by atoms with E-state index in [0.29, 0.717) is 34.9 Å². The Labute approximate surface area is 188 Å². The molecule has 4 aromatic rings. The molecule has 0 spiro atoms. The minimum atomic E-state index is -0.259. The van der Waals surface area contributed by atoms with Gasteiger partial charge in [-0.05, 0) is 24.6 Å². The van der Waals surface area contributed by atoms with Crippen LogP contribution < -0.4 is 10.3 Å². The lowest BCUT2D eigenvalue weighted by Crippen LogP contribution is -2.31. The van der Waals surface area contributed by atoms with Crippen molar-refractivity contribution in [2.24, 2.45) is 7.05 Å². The van der Waals surface area contributed by atoms with Gasteiger partial charge in [0, 0.05) is 48.6 Å². The number of carbonyl (C=O) groups excluding carboxylic acids is 1. The average molecular weight is 445 g/mol. The Morgan fingerprint density at radius 2 is 2.03 bits per heavy atom. The van der Waals surface area contributed by atoms with Crippen LogP contribution in [0.5, 0.6) is 5.75 Å². The summed E-state index contributed by atoms with van der Waals surface area (Å²) in [6.45, 7) is 2.61. The summed E-state index contributed by atoms with van der Waals surface area (Å²) >= 11 is 0. The number of nitrogens with zero attached hydrogens (tertiary/aromatic N) is 5. The second-order valence-electron chi connectivity index (χ2n) is 7.89. The van der Waals surface area contributed by atoms with E-state index in [1.807, 2.05) is 32.2 Å². The monoisotopic (exact) mass is 445 g/mol. The number of rotatable bonds is 1. The number of ether oxygens (including phenoxy) is 1. The molecule has 0 radical (unpaired) electrons. The minimum Gasteiger partial charge on any atom is -0.489 e. The number of aromatic nitrogens is 6. The fourth-order valence-corrected chi connectivity index (χ4v) is 4.05. The standard InChI is InChI=1S/C23H23N7O3/c1-4-19-13-5-6-16-14-9-17(24-11-18(14)27-26-16)15-10-21(31)25-12-20(15)33-8-7-29(2)23(32)22(13)28-30(19)3/h5-6,9-12H,4,7-8H2,1-3H3,(H,25,31)(H,26,27). The lowest BCUT2D eigenvalue weighted by Gasteiger charge is -2.17. The van der Waals surface area contributed by atoms with Gasteiger partial charge < -0.3 is 14.6 Å². The van der Waals surface area contributed by atoms with Crippen molar-refractivity contribution in [2.45, 2.75) is 13.3 Å². The molecule has 10 heteroatoms. The van der Waals surface area contributed by atoms with Gasteiger partial charge in [-0.15, -0.1) is 0 Å². The molecule has 10 nitrogen and oxygen atoms in total. The van der Waals surface area contributed by atoms with Crippen molar-refractivity contribution in [1.29, 1.82) is 0 Å². The Morgan fingerprint density at radius 1 is 1.18 bits per heavy atom. The molecule has 1 aliphatic heterocycles. The average Bonchev–Trinajstić information content (AvgIpc) is 3.36. The summed E-state index contributed by atoms with van der Waals surface area (Å²) in [5.41, 5.74) is 4.46. The summed E-state index contributed by atoms with van der Waals surface area (Å²) in [5.74, 6) is 0.282. The first-order valence-corrected chi connectivity index (χ1v) is 10.7. The first-order chi connectivity index (χ1) is 16.0. The summed E-state index contributed by atoms with van der Waals surface area (Å²) in [7, 11) is 3.56. The van der Waals surface area contributed by atoms with Crippen LogP contribution in [0.25, 0.3) is 34.3 Å². The molecule has 0 aliphatic carbocycles. The molecule has 4 aromatic heterocycles. The van der Waals surface area contributed by atoms with Crippen LogP contribution in [-0.2, 0) is 13.5 Å². The highest BCUT2D eigenvalue weighted by molar-refractivity contribution is 5.98. The Morgan fingerprint density at radius 3 is 2.85 bits per heavy atom. The van der Waals surface area contributed by atoms with E-state index in [1.165, 1.54) is 12.3 Å². The van der Waals surface area contributed by atoms with Crippen molar-refractivity contribution < 1.29 is 9.53 Å². The van der Waals surface area contributed by atoms with E-state index in [1.54, 1.807) is 22.8 Å². The van der Waals surface area contributed by atoms with Gasteiger partial charge >= 0.3 is 0 Å². The van der Waals surface area contributed by atoms with E-state index < -0.39 is 0 Å². The lowest BCUT2D eigenvalue weighted by molar-refractivity contribution is 0.0767. The number of carbonyl (C=O) groups is 1. The molecule has 0 saturated heterocycles. The Kier molecular flexibility index (Phi) is 5.04. The van der Waals surface area contributed by atoms with Crippen molar-refractivity contribution in [3.05, 3.63) is 57.5 Å². The van der Waals surface area contributed by atoms with Gasteiger partial charge in [0.25, 0.3) is 5.91 Å². The van der Waals surface area contributed by atoms with Crippen molar-refractivity contribution in [1.82, 2.24) is 34.8 Å². The quantitative estimate of drug-likeness (QED) is 0.463. The van der Waals surface area contributed by atoms with Gasteiger partial charge in [0.15, 0.2) is 5.69 Å². The highest BCUT2D eigenvalue weighted by atomic mass is 16.5. The highest BCUT2D eigenvalue weighted by Gasteiger charge is 2.23. The third kappa shape index (κ3) is 3.59. The van der Waals surface area contributed by atoms with Crippen LogP contribution in [0.2, 0.25) is 0 Å². The van der Waals surface area contributed by atoms with Gasteiger partial charge in [0.05, 0.1) is 29.6 Å². The number of hydrogen-bond donors (Lipinski definition) is 2. The summed E-state index contributed by atoms with van der Waals surface area (Å²) in [6.07, 6.45) is 7.68. The zero-order chi connectivity index (χ0) is 23.1. The third-order valence-corrected chi connectivity index (χ3v) is 5.82. The molecule has 2 bridgehead atoms. The predicted molar refractivity (Wildman–Crippen MR) is 124 cm³/mol. The van der Waals surface area contributed by atoms with E-state index >= 15 is 0 Å². The molecule has 5 heterocycles. The van der Waals surface area contributed by atoms with Crippen LogP contribution in [0.15, 0.2) is 29.3 Å². The maximum atomic E-state index is 13.2. The van der Waals surface area contributed by atoms with E-state index in [0.717, 1.165) is 28.6 Å². The molecule has 33 heavy (non-hydrogen) atoms. The lowest BCUT2D eigenvalue weighted by atomic mass is 10.1. The topological polar surface area (TPSA) is 122 Å². The van der Waals surface area contributed by atoms with Crippen molar-refractivity contribution in [2.75, 3.05) is 20.2 Å². The van der Waals surface area contributed by atoms with Gasteiger partial charge in [-0.25, -0.2) is 0 Å². The fraction of sp³-hybridized carbons (Fsp3) is 0.261. The molecule has 0 saturated carbocycles. The van der Waals surface area contributed by atoms with E-state index in [2.05, 4.69) is 25.3 Å². The fourth-order valence-electron chi connectivity index (χ4n) is 4.05. The largest absolute Gasteiger partial charge is 0.489 e. The summed E-state index contributed by atoms with van der Waals surface area (Å²) in [4.78, 5) is 34.0. The number of nitrogens with one attached hydrogen (secondary N) is 2. The molecule has 0 atom stereocenters. The van der Waals surface area contributed by atoms with Crippen LogP contribution in [0.3, 0.4) is 0 Å². The summed E-state index contributed by atoms with van der Waals surface area (Å²) in [6, 6.07) is 3.33. The third-order valence-electron chi connectivity index (χ3n) is 5.82. The number of pyridine rings is 2. The van der Waals surface area contributed by atoms with Crippen LogP contribution in [-0.4, -0.2) is 61.0 Å². The first-order valence-electron chi connectivity index (χ1n) is 10.7. The predicted octanol–water partition coefficient (Wildman–Crippen LogP) is 2.24. The maximum Gasteiger partial charge on any atom is 0.274 e. The van der Waals surface area contributed by atoms with Crippen LogP contribution in [0.1, 0.15) is 34.4 Å². The number of fused-ring (bicyclic) bond motifs is 4. The normalized spacial score (nSPS) is 14.0. The number of amides is 1. The van der Waals surface area contributed by atoms with Crippen molar-refractivity contribution in [3.63, 3.8) is 0 Å². The number of aryl methyl sites for hydroxylation is 1. The molecule has 1 amide bonds. The van der Waals surface area contributed by atoms with Crippen LogP contribution in [0.4, 0.5) is 0 Å². The van der Waals surface area contributed by atoms with Gasteiger partial charge in [-0.1, -0.05) is 6.92 Å². The second-order valence-corrected chi connectivity index (χ2v) is 7.89. The van der Waals surface area contributed by atoms with E-state index in [-0.39, 0.29) is 18.1 Å². The molecule has 2 N–H and O–H groups in total.